The van der Waals surface area contributed by atoms with Crippen LogP contribution in [0.15, 0.2) is 47.4 Å². The molecule has 0 radical (unpaired) electrons. The van der Waals surface area contributed by atoms with E-state index >= 15 is 0 Å². The van der Waals surface area contributed by atoms with Crippen molar-refractivity contribution in [2.45, 2.75) is 4.90 Å². The molecular formula is C13H8Cl2O4S. The molecule has 0 aliphatic rings. The first-order valence-corrected chi connectivity index (χ1v) is 7.55. The van der Waals surface area contributed by atoms with Crippen LogP contribution in [0, 0.1) is 0 Å². The van der Waals surface area contributed by atoms with Crippen molar-refractivity contribution in [3.05, 3.63) is 63.6 Å². The monoisotopic (exact) mass is 330 g/mol. The predicted molar refractivity (Wildman–Crippen MR) is 76.2 cm³/mol. The van der Waals surface area contributed by atoms with Gasteiger partial charge in [-0.25, -0.2) is 0 Å². The first kappa shape index (κ1) is 15.0. The van der Waals surface area contributed by atoms with Crippen LogP contribution in [0.3, 0.4) is 0 Å². The van der Waals surface area contributed by atoms with Gasteiger partial charge in [0.1, 0.15) is 0 Å². The van der Waals surface area contributed by atoms with Gasteiger partial charge in [0.2, 0.25) is 0 Å². The zero-order chi connectivity index (χ0) is 14.9. The van der Waals surface area contributed by atoms with Gasteiger partial charge in [-0.1, -0.05) is 23.2 Å². The zero-order valence-corrected chi connectivity index (χ0v) is 12.2. The molecule has 0 amide bonds. The number of benzene rings is 2. The third-order valence-corrected chi connectivity index (χ3v) is 3.84. The predicted octanol–water partition coefficient (Wildman–Crippen LogP) is 3.47. The van der Waals surface area contributed by atoms with E-state index in [-0.39, 0.29) is 16.2 Å². The summed E-state index contributed by atoms with van der Waals surface area (Å²) in [6, 6.07) is 9.34. The van der Waals surface area contributed by atoms with Crippen LogP contribution in [0.4, 0.5) is 0 Å². The molecule has 2 aromatic rings. The van der Waals surface area contributed by atoms with Gasteiger partial charge in [0, 0.05) is 21.2 Å². The van der Waals surface area contributed by atoms with Gasteiger partial charge in [0.25, 0.3) is 10.1 Å². The summed E-state index contributed by atoms with van der Waals surface area (Å²) in [4.78, 5) is 11.9. The Labute approximate surface area is 125 Å². The minimum Gasteiger partial charge on any atom is -0.289 e. The zero-order valence-electron chi connectivity index (χ0n) is 9.88. The smallest absolute Gasteiger partial charge is 0.289 e. The second kappa shape index (κ2) is 5.54. The quantitative estimate of drug-likeness (QED) is 0.690. The number of hydrogen-bond donors (Lipinski definition) is 1. The Kier molecular flexibility index (Phi) is 4.15. The Morgan fingerprint density at radius 2 is 1.40 bits per heavy atom. The summed E-state index contributed by atoms with van der Waals surface area (Å²) in [6.45, 7) is 0. The molecular weight excluding hydrogens is 323 g/mol. The molecule has 0 saturated carbocycles. The lowest BCUT2D eigenvalue weighted by Crippen LogP contribution is -2.03. The molecule has 0 aliphatic heterocycles. The molecule has 0 unspecified atom stereocenters. The van der Waals surface area contributed by atoms with Gasteiger partial charge >= 0.3 is 0 Å². The van der Waals surface area contributed by atoms with Gasteiger partial charge in [0.15, 0.2) is 5.78 Å². The highest BCUT2D eigenvalue weighted by molar-refractivity contribution is 7.85. The third kappa shape index (κ3) is 3.37. The maximum Gasteiger partial charge on any atom is 0.294 e. The van der Waals surface area contributed by atoms with Crippen LogP contribution in [0.25, 0.3) is 0 Å². The summed E-state index contributed by atoms with van der Waals surface area (Å²) in [5.41, 5.74) is 0.554. The summed E-state index contributed by atoms with van der Waals surface area (Å²) < 4.78 is 30.7. The highest BCUT2D eigenvalue weighted by Gasteiger charge is 2.13. The summed E-state index contributed by atoms with van der Waals surface area (Å²) >= 11 is 11.6. The lowest BCUT2D eigenvalue weighted by molar-refractivity contribution is 0.103. The summed E-state index contributed by atoms with van der Waals surface area (Å²) in [7, 11) is -4.28. The first-order valence-electron chi connectivity index (χ1n) is 5.36. The molecule has 7 heteroatoms. The van der Waals surface area contributed by atoms with Crippen LogP contribution in [0.1, 0.15) is 15.9 Å². The topological polar surface area (TPSA) is 71.4 Å². The van der Waals surface area contributed by atoms with E-state index < -0.39 is 10.1 Å². The number of rotatable bonds is 3. The molecule has 104 valence electrons. The maximum atomic E-state index is 12.2. The van der Waals surface area contributed by atoms with Gasteiger partial charge in [-0.05, 0) is 42.5 Å². The fraction of sp³-hybridized carbons (Fsp3) is 0. The Morgan fingerprint density at radius 3 is 1.85 bits per heavy atom. The molecule has 2 rings (SSSR count). The maximum absolute atomic E-state index is 12.2. The minimum atomic E-state index is -4.28. The van der Waals surface area contributed by atoms with Gasteiger partial charge in [0.05, 0.1) is 4.90 Å². The molecule has 0 atom stereocenters. The first-order chi connectivity index (χ1) is 9.27. The Hall–Kier alpha value is -1.40. The second-order valence-electron chi connectivity index (χ2n) is 3.99. The lowest BCUT2D eigenvalue weighted by atomic mass is 10.0. The lowest BCUT2D eigenvalue weighted by Gasteiger charge is -2.04. The summed E-state index contributed by atoms with van der Waals surface area (Å²) in [6.07, 6.45) is 0. The fourth-order valence-corrected chi connectivity index (χ4v) is 2.64. The van der Waals surface area contributed by atoms with Crippen molar-refractivity contribution >= 4 is 39.1 Å². The van der Waals surface area contributed by atoms with Crippen molar-refractivity contribution < 1.29 is 17.8 Å². The molecule has 1 N–H and O–H groups in total. The van der Waals surface area contributed by atoms with Crippen LogP contribution >= 0.6 is 23.2 Å². The molecule has 0 bridgehead atoms. The van der Waals surface area contributed by atoms with E-state index in [1.807, 2.05) is 0 Å². The van der Waals surface area contributed by atoms with Crippen LogP contribution in [-0.4, -0.2) is 18.8 Å². The largest absolute Gasteiger partial charge is 0.294 e. The van der Waals surface area contributed by atoms with Crippen LogP contribution in [0.2, 0.25) is 10.0 Å². The SMILES string of the molecule is O=C(c1ccc(S(=O)(=O)O)cc1)c1cc(Cl)cc(Cl)c1. The standard InChI is InChI=1S/C13H8Cl2O4S/c14-10-5-9(6-11(15)7-10)13(16)8-1-3-12(4-2-8)20(17,18)19/h1-7H,(H,17,18,19). The molecule has 0 fully saturated rings. The van der Waals surface area contributed by atoms with Crippen molar-refractivity contribution in [3.8, 4) is 0 Å². The van der Waals surface area contributed by atoms with Crippen molar-refractivity contribution in [2.75, 3.05) is 0 Å². The van der Waals surface area contributed by atoms with Crippen molar-refractivity contribution in [1.29, 1.82) is 0 Å². The number of carbonyl (C=O) groups excluding carboxylic acids is 1. The normalized spacial score (nSPS) is 11.3. The second-order valence-corrected chi connectivity index (χ2v) is 6.28. The third-order valence-electron chi connectivity index (χ3n) is 2.54. The van der Waals surface area contributed by atoms with Crippen LogP contribution in [-0.2, 0) is 10.1 Å². The summed E-state index contributed by atoms with van der Waals surface area (Å²) in [5.74, 6) is -0.351. The van der Waals surface area contributed by atoms with E-state index in [4.69, 9.17) is 27.8 Å². The summed E-state index contributed by atoms with van der Waals surface area (Å²) in [5, 5.41) is 0.658. The van der Waals surface area contributed by atoms with E-state index in [2.05, 4.69) is 0 Å². The van der Waals surface area contributed by atoms with Crippen molar-refractivity contribution in [1.82, 2.24) is 0 Å². The molecule has 2 aromatic carbocycles. The van der Waals surface area contributed by atoms with Crippen molar-refractivity contribution in [3.63, 3.8) is 0 Å². The Bertz CT molecular complexity index is 747. The average Bonchev–Trinajstić information content (AvgIpc) is 2.36. The number of halogens is 2. The van der Waals surface area contributed by atoms with Gasteiger partial charge in [-0.3, -0.25) is 9.35 Å². The highest BCUT2D eigenvalue weighted by Crippen LogP contribution is 2.21. The molecule has 4 nitrogen and oxygen atoms in total. The molecule has 0 saturated heterocycles. The molecule has 0 heterocycles. The van der Waals surface area contributed by atoms with Gasteiger partial charge in [-0.2, -0.15) is 8.42 Å². The van der Waals surface area contributed by atoms with E-state index in [0.29, 0.717) is 15.6 Å². The molecule has 0 aliphatic carbocycles. The van der Waals surface area contributed by atoms with Crippen LogP contribution in [0.5, 0.6) is 0 Å². The molecule has 0 spiro atoms. The van der Waals surface area contributed by atoms with E-state index in [9.17, 15) is 13.2 Å². The Morgan fingerprint density at radius 1 is 0.900 bits per heavy atom. The molecule has 20 heavy (non-hydrogen) atoms. The van der Waals surface area contributed by atoms with E-state index in [1.54, 1.807) is 0 Å². The number of ketones is 1. The van der Waals surface area contributed by atoms with E-state index in [1.165, 1.54) is 30.3 Å². The Balaban J connectivity index is 2.39. The highest BCUT2D eigenvalue weighted by atomic mass is 35.5. The van der Waals surface area contributed by atoms with Gasteiger partial charge < -0.3 is 0 Å². The van der Waals surface area contributed by atoms with Crippen LogP contribution < -0.4 is 0 Å². The van der Waals surface area contributed by atoms with Gasteiger partial charge in [-0.15, -0.1) is 0 Å². The van der Waals surface area contributed by atoms with Crippen molar-refractivity contribution in [2.24, 2.45) is 0 Å². The van der Waals surface area contributed by atoms with E-state index in [0.717, 1.165) is 12.1 Å². The minimum absolute atomic E-state index is 0.260. The number of carbonyl (C=O) groups is 1. The molecule has 0 aromatic heterocycles. The average molecular weight is 331 g/mol. The number of hydrogen-bond acceptors (Lipinski definition) is 3. The fourth-order valence-electron chi connectivity index (χ4n) is 1.63.